The number of aliphatic hydroxyl groups is 1. The zero-order chi connectivity index (χ0) is 12.3. The summed E-state index contributed by atoms with van der Waals surface area (Å²) in [6, 6.07) is 6.87. The van der Waals surface area contributed by atoms with Gasteiger partial charge in [0.05, 0.1) is 11.0 Å². The number of hydrogen-bond donors (Lipinski definition) is 1. The first-order valence-electron chi connectivity index (χ1n) is 5.35. The summed E-state index contributed by atoms with van der Waals surface area (Å²) < 4.78 is 23.2. The van der Waals surface area contributed by atoms with Crippen molar-refractivity contribution in [3.63, 3.8) is 0 Å². The van der Waals surface area contributed by atoms with Crippen LogP contribution in [0.4, 0.5) is 0 Å². The van der Waals surface area contributed by atoms with Crippen molar-refractivity contribution in [1.29, 1.82) is 0 Å². The van der Waals surface area contributed by atoms with E-state index in [-0.39, 0.29) is 5.92 Å². The second-order valence-electron chi connectivity index (χ2n) is 4.07. The second-order valence-corrected chi connectivity index (χ2v) is 6.05. The van der Waals surface area contributed by atoms with E-state index in [4.69, 9.17) is 0 Å². The molecule has 0 bridgehead atoms. The van der Waals surface area contributed by atoms with Gasteiger partial charge in [-0.3, -0.25) is 0 Å². The lowest BCUT2D eigenvalue weighted by Gasteiger charge is -2.20. The topological polar surface area (TPSA) is 54.4 Å². The van der Waals surface area contributed by atoms with Gasteiger partial charge in [0.1, 0.15) is 0 Å². The largest absolute Gasteiger partial charge is 0.393 e. The Morgan fingerprint density at radius 3 is 2.31 bits per heavy atom. The first-order valence-corrected chi connectivity index (χ1v) is 7.24. The third-order valence-corrected chi connectivity index (χ3v) is 3.91. The van der Waals surface area contributed by atoms with Gasteiger partial charge in [0.25, 0.3) is 0 Å². The van der Waals surface area contributed by atoms with Crippen LogP contribution in [0, 0.1) is 0 Å². The molecule has 1 rings (SSSR count). The highest BCUT2D eigenvalue weighted by Gasteiger charge is 2.22. The lowest BCUT2D eigenvalue weighted by Crippen LogP contribution is -2.16. The third-order valence-electron chi connectivity index (χ3n) is 2.74. The summed E-state index contributed by atoms with van der Waals surface area (Å²) in [7, 11) is -3.23. The van der Waals surface area contributed by atoms with E-state index < -0.39 is 15.9 Å². The lowest BCUT2D eigenvalue weighted by molar-refractivity contribution is 0.158. The minimum Gasteiger partial charge on any atom is -0.393 e. The van der Waals surface area contributed by atoms with Gasteiger partial charge in [-0.05, 0) is 25.0 Å². The number of rotatable bonds is 4. The summed E-state index contributed by atoms with van der Waals surface area (Å²) in [6.07, 6.45) is 1.36. The van der Waals surface area contributed by atoms with Crippen molar-refractivity contribution in [2.45, 2.75) is 37.2 Å². The SMILES string of the molecule is CCC(c1ccccc1S(C)(=O)=O)C(C)O. The van der Waals surface area contributed by atoms with Crippen molar-refractivity contribution in [2.75, 3.05) is 6.26 Å². The summed E-state index contributed by atoms with van der Waals surface area (Å²) in [6.45, 7) is 3.63. The zero-order valence-electron chi connectivity index (χ0n) is 9.84. The van der Waals surface area contributed by atoms with Gasteiger partial charge in [0.2, 0.25) is 0 Å². The maximum atomic E-state index is 11.6. The Kier molecular flexibility index (Phi) is 4.10. The molecule has 0 heterocycles. The average molecular weight is 242 g/mol. The van der Waals surface area contributed by atoms with Crippen LogP contribution < -0.4 is 0 Å². The van der Waals surface area contributed by atoms with Gasteiger partial charge < -0.3 is 5.11 Å². The van der Waals surface area contributed by atoms with E-state index >= 15 is 0 Å². The molecule has 0 amide bonds. The van der Waals surface area contributed by atoms with Gasteiger partial charge in [-0.25, -0.2) is 8.42 Å². The Morgan fingerprint density at radius 1 is 1.31 bits per heavy atom. The molecule has 1 N–H and O–H groups in total. The van der Waals surface area contributed by atoms with Crippen LogP contribution in [0.15, 0.2) is 29.2 Å². The van der Waals surface area contributed by atoms with Gasteiger partial charge in [0, 0.05) is 12.2 Å². The minimum absolute atomic E-state index is 0.133. The lowest BCUT2D eigenvalue weighted by atomic mass is 9.92. The average Bonchev–Trinajstić information content (AvgIpc) is 2.17. The fourth-order valence-corrected chi connectivity index (χ4v) is 2.92. The van der Waals surface area contributed by atoms with Gasteiger partial charge in [0.15, 0.2) is 9.84 Å². The van der Waals surface area contributed by atoms with Crippen molar-refractivity contribution >= 4 is 9.84 Å². The molecule has 0 aromatic heterocycles. The molecule has 90 valence electrons. The van der Waals surface area contributed by atoms with E-state index in [2.05, 4.69) is 0 Å². The fourth-order valence-electron chi connectivity index (χ4n) is 1.95. The van der Waals surface area contributed by atoms with Crippen LogP contribution in [0.25, 0.3) is 0 Å². The molecule has 0 radical (unpaired) electrons. The molecule has 2 unspecified atom stereocenters. The first-order chi connectivity index (χ1) is 7.38. The molecule has 0 aliphatic heterocycles. The maximum Gasteiger partial charge on any atom is 0.175 e. The predicted octanol–water partition coefficient (Wildman–Crippen LogP) is 1.96. The maximum absolute atomic E-state index is 11.6. The molecule has 0 aliphatic carbocycles. The van der Waals surface area contributed by atoms with Crippen LogP contribution in [0.1, 0.15) is 31.7 Å². The molecule has 16 heavy (non-hydrogen) atoms. The fraction of sp³-hybridized carbons (Fsp3) is 0.500. The third kappa shape index (κ3) is 2.83. The van der Waals surface area contributed by atoms with E-state index in [1.54, 1.807) is 31.2 Å². The van der Waals surface area contributed by atoms with Crippen LogP contribution in [0.2, 0.25) is 0 Å². The van der Waals surface area contributed by atoms with Gasteiger partial charge in [-0.1, -0.05) is 25.1 Å². The second kappa shape index (κ2) is 4.97. The Labute approximate surface area is 97.0 Å². The molecule has 1 aromatic rings. The Bertz CT molecular complexity index is 449. The Morgan fingerprint density at radius 2 is 1.88 bits per heavy atom. The molecule has 0 saturated heterocycles. The van der Waals surface area contributed by atoms with Gasteiger partial charge in [-0.15, -0.1) is 0 Å². The monoisotopic (exact) mass is 242 g/mol. The number of benzene rings is 1. The Hall–Kier alpha value is -0.870. The molecule has 0 saturated carbocycles. The van der Waals surface area contributed by atoms with E-state index in [1.165, 1.54) is 6.26 Å². The van der Waals surface area contributed by atoms with Crippen molar-refractivity contribution < 1.29 is 13.5 Å². The van der Waals surface area contributed by atoms with Crippen molar-refractivity contribution in [1.82, 2.24) is 0 Å². The van der Waals surface area contributed by atoms with Crippen LogP contribution in [-0.4, -0.2) is 25.9 Å². The van der Waals surface area contributed by atoms with E-state index in [1.807, 2.05) is 6.92 Å². The number of aliphatic hydroxyl groups excluding tert-OH is 1. The highest BCUT2D eigenvalue weighted by Crippen LogP contribution is 2.29. The predicted molar refractivity (Wildman–Crippen MR) is 64.3 cm³/mol. The van der Waals surface area contributed by atoms with Crippen LogP contribution in [-0.2, 0) is 9.84 Å². The van der Waals surface area contributed by atoms with E-state index in [0.29, 0.717) is 16.9 Å². The molecule has 0 fully saturated rings. The number of hydrogen-bond acceptors (Lipinski definition) is 3. The van der Waals surface area contributed by atoms with Crippen molar-refractivity contribution in [3.05, 3.63) is 29.8 Å². The van der Waals surface area contributed by atoms with Gasteiger partial charge >= 0.3 is 0 Å². The standard InChI is InChI=1S/C12H18O3S/c1-4-10(9(2)13)11-7-5-6-8-12(11)16(3,14)15/h5-10,13H,4H2,1-3H3. The molecule has 1 aromatic carbocycles. The smallest absolute Gasteiger partial charge is 0.175 e. The quantitative estimate of drug-likeness (QED) is 0.878. The summed E-state index contributed by atoms with van der Waals surface area (Å²) in [5, 5.41) is 9.66. The van der Waals surface area contributed by atoms with Gasteiger partial charge in [-0.2, -0.15) is 0 Å². The van der Waals surface area contributed by atoms with Crippen LogP contribution >= 0.6 is 0 Å². The Balaban J connectivity index is 3.33. The highest BCUT2D eigenvalue weighted by atomic mass is 32.2. The molecule has 2 atom stereocenters. The van der Waals surface area contributed by atoms with Crippen molar-refractivity contribution in [3.8, 4) is 0 Å². The first kappa shape index (κ1) is 13.2. The van der Waals surface area contributed by atoms with E-state index in [9.17, 15) is 13.5 Å². The molecular formula is C12H18O3S. The van der Waals surface area contributed by atoms with Crippen molar-refractivity contribution in [2.24, 2.45) is 0 Å². The highest BCUT2D eigenvalue weighted by molar-refractivity contribution is 7.90. The van der Waals surface area contributed by atoms with Crippen LogP contribution in [0.5, 0.6) is 0 Å². The van der Waals surface area contributed by atoms with Crippen LogP contribution in [0.3, 0.4) is 0 Å². The summed E-state index contributed by atoms with van der Waals surface area (Å²) in [5.41, 5.74) is 0.711. The summed E-state index contributed by atoms with van der Waals surface area (Å²) >= 11 is 0. The number of sulfone groups is 1. The minimum atomic E-state index is -3.23. The molecule has 0 aliphatic rings. The normalized spacial score (nSPS) is 15.8. The summed E-state index contributed by atoms with van der Waals surface area (Å²) in [5.74, 6) is -0.133. The zero-order valence-corrected chi connectivity index (χ0v) is 10.7. The molecule has 4 heteroatoms. The molecule has 0 spiro atoms. The van der Waals surface area contributed by atoms with E-state index in [0.717, 1.165) is 0 Å². The molecular weight excluding hydrogens is 224 g/mol. The molecule has 3 nitrogen and oxygen atoms in total. The summed E-state index contributed by atoms with van der Waals surface area (Å²) in [4.78, 5) is 0.322.